The summed E-state index contributed by atoms with van der Waals surface area (Å²) in [6, 6.07) is 15.3. The fourth-order valence-electron chi connectivity index (χ4n) is 3.37. The number of anilines is 1. The number of halogens is 1. The summed E-state index contributed by atoms with van der Waals surface area (Å²) in [4.78, 5) is 12.4. The van der Waals surface area contributed by atoms with Crippen LogP contribution in [0.2, 0.25) is 5.02 Å². The van der Waals surface area contributed by atoms with E-state index in [2.05, 4.69) is 10.4 Å². The predicted molar refractivity (Wildman–Crippen MR) is 106 cm³/mol. The highest BCUT2D eigenvalue weighted by atomic mass is 35.5. The van der Waals surface area contributed by atoms with Gasteiger partial charge in [0.2, 0.25) is 5.91 Å². The Hall–Kier alpha value is -2.79. The number of hydrogen-bond donors (Lipinski definition) is 1. The van der Waals surface area contributed by atoms with Gasteiger partial charge < -0.3 is 10.1 Å². The molecule has 1 aliphatic heterocycles. The Balaban J connectivity index is 1.71. The van der Waals surface area contributed by atoms with Crippen LogP contribution in [0.1, 0.15) is 37.3 Å². The van der Waals surface area contributed by atoms with E-state index in [1.165, 1.54) is 0 Å². The number of benzene rings is 2. The van der Waals surface area contributed by atoms with Gasteiger partial charge in [0.05, 0.1) is 18.0 Å². The van der Waals surface area contributed by atoms with E-state index in [1.807, 2.05) is 68.6 Å². The zero-order valence-electron chi connectivity index (χ0n) is 15.1. The second-order valence-corrected chi connectivity index (χ2v) is 7.32. The van der Waals surface area contributed by atoms with Crippen LogP contribution in [0.15, 0.2) is 54.7 Å². The van der Waals surface area contributed by atoms with Crippen LogP contribution >= 0.6 is 11.6 Å². The van der Waals surface area contributed by atoms with Crippen molar-refractivity contribution in [3.63, 3.8) is 0 Å². The van der Waals surface area contributed by atoms with Gasteiger partial charge in [-0.25, -0.2) is 4.68 Å². The lowest BCUT2D eigenvalue weighted by Gasteiger charge is -2.24. The highest BCUT2D eigenvalue weighted by molar-refractivity contribution is 6.30. The molecule has 0 radical (unpaired) electrons. The average molecular weight is 382 g/mol. The SMILES string of the molecule is CC(C)Oc1ccc([C@H]2CC(=O)Nc3c2cnn3-c2cccc(Cl)c2)cc1. The molecule has 6 heteroatoms. The largest absolute Gasteiger partial charge is 0.491 e. The molecule has 138 valence electrons. The summed E-state index contributed by atoms with van der Waals surface area (Å²) >= 11 is 6.11. The Labute approximate surface area is 162 Å². The van der Waals surface area contributed by atoms with Gasteiger partial charge in [-0.15, -0.1) is 0 Å². The number of nitrogens with one attached hydrogen (secondary N) is 1. The van der Waals surface area contributed by atoms with Gasteiger partial charge in [0.25, 0.3) is 0 Å². The summed E-state index contributed by atoms with van der Waals surface area (Å²) in [7, 11) is 0. The number of amides is 1. The Morgan fingerprint density at radius 2 is 2.00 bits per heavy atom. The van der Waals surface area contributed by atoms with Crippen LogP contribution in [0.25, 0.3) is 5.69 Å². The monoisotopic (exact) mass is 381 g/mol. The van der Waals surface area contributed by atoms with E-state index >= 15 is 0 Å². The molecular formula is C21H20ClN3O2. The molecule has 0 aliphatic carbocycles. The number of nitrogens with zero attached hydrogens (tertiary/aromatic N) is 2. The van der Waals surface area contributed by atoms with Crippen LogP contribution in [-0.4, -0.2) is 21.8 Å². The summed E-state index contributed by atoms with van der Waals surface area (Å²) in [6.45, 7) is 3.99. The first-order valence-electron chi connectivity index (χ1n) is 8.91. The normalized spacial score (nSPS) is 16.1. The topological polar surface area (TPSA) is 56.1 Å². The molecule has 5 nitrogen and oxygen atoms in total. The molecular weight excluding hydrogens is 362 g/mol. The molecule has 1 aromatic heterocycles. The Bertz CT molecular complexity index is 979. The summed E-state index contributed by atoms with van der Waals surface area (Å²) < 4.78 is 7.44. The quantitative estimate of drug-likeness (QED) is 0.707. The number of carbonyl (C=O) groups excluding carboxylic acids is 1. The smallest absolute Gasteiger partial charge is 0.226 e. The molecule has 1 atom stereocenters. The summed E-state index contributed by atoms with van der Waals surface area (Å²) in [5.74, 6) is 1.44. The second-order valence-electron chi connectivity index (χ2n) is 6.88. The van der Waals surface area contributed by atoms with Crippen LogP contribution in [0, 0.1) is 0 Å². The zero-order chi connectivity index (χ0) is 19.0. The van der Waals surface area contributed by atoms with Gasteiger partial charge >= 0.3 is 0 Å². The molecule has 0 bridgehead atoms. The van der Waals surface area contributed by atoms with Crippen molar-refractivity contribution in [1.29, 1.82) is 0 Å². The maximum atomic E-state index is 12.4. The van der Waals surface area contributed by atoms with Gasteiger partial charge in [-0.05, 0) is 49.7 Å². The third kappa shape index (κ3) is 3.55. The minimum Gasteiger partial charge on any atom is -0.491 e. The van der Waals surface area contributed by atoms with Gasteiger partial charge in [0.1, 0.15) is 11.6 Å². The molecule has 27 heavy (non-hydrogen) atoms. The van der Waals surface area contributed by atoms with Crippen molar-refractivity contribution in [3.05, 3.63) is 70.9 Å². The van der Waals surface area contributed by atoms with Crippen LogP contribution in [-0.2, 0) is 4.79 Å². The molecule has 0 spiro atoms. The fraction of sp³-hybridized carbons (Fsp3) is 0.238. The number of rotatable bonds is 4. The van der Waals surface area contributed by atoms with Crippen molar-refractivity contribution in [3.8, 4) is 11.4 Å². The highest BCUT2D eigenvalue weighted by Crippen LogP contribution is 2.38. The first-order chi connectivity index (χ1) is 13.0. The van der Waals surface area contributed by atoms with E-state index in [1.54, 1.807) is 4.68 Å². The van der Waals surface area contributed by atoms with E-state index in [9.17, 15) is 4.79 Å². The number of hydrogen-bond acceptors (Lipinski definition) is 3. The Morgan fingerprint density at radius 3 is 2.70 bits per heavy atom. The molecule has 1 aliphatic rings. The molecule has 0 unspecified atom stereocenters. The lowest BCUT2D eigenvalue weighted by Crippen LogP contribution is -2.24. The van der Waals surface area contributed by atoms with Gasteiger partial charge in [-0.3, -0.25) is 4.79 Å². The first kappa shape index (κ1) is 17.6. The van der Waals surface area contributed by atoms with Crippen LogP contribution in [0.5, 0.6) is 5.75 Å². The summed E-state index contributed by atoms with van der Waals surface area (Å²) in [5.41, 5.74) is 2.87. The van der Waals surface area contributed by atoms with E-state index in [0.29, 0.717) is 17.3 Å². The first-order valence-corrected chi connectivity index (χ1v) is 9.29. The van der Waals surface area contributed by atoms with E-state index in [-0.39, 0.29) is 17.9 Å². The summed E-state index contributed by atoms with van der Waals surface area (Å²) in [5, 5.41) is 8.07. The number of carbonyl (C=O) groups is 1. The van der Waals surface area contributed by atoms with Crippen molar-refractivity contribution in [2.24, 2.45) is 0 Å². The Morgan fingerprint density at radius 1 is 1.22 bits per heavy atom. The molecule has 0 saturated heterocycles. The average Bonchev–Trinajstić information content (AvgIpc) is 3.05. The van der Waals surface area contributed by atoms with Crippen molar-refractivity contribution >= 4 is 23.3 Å². The zero-order valence-corrected chi connectivity index (χ0v) is 15.9. The second kappa shape index (κ2) is 7.08. The number of aromatic nitrogens is 2. The van der Waals surface area contributed by atoms with Gasteiger partial charge in [0, 0.05) is 22.9 Å². The van der Waals surface area contributed by atoms with Crippen molar-refractivity contribution in [2.45, 2.75) is 32.3 Å². The molecule has 0 saturated carbocycles. The fourth-order valence-corrected chi connectivity index (χ4v) is 3.56. The predicted octanol–water partition coefficient (Wildman–Crippen LogP) is 4.79. The van der Waals surface area contributed by atoms with Crippen molar-refractivity contribution < 1.29 is 9.53 Å². The molecule has 2 heterocycles. The van der Waals surface area contributed by atoms with E-state index < -0.39 is 0 Å². The van der Waals surface area contributed by atoms with Crippen LogP contribution in [0.3, 0.4) is 0 Å². The number of fused-ring (bicyclic) bond motifs is 1. The molecule has 1 N–H and O–H groups in total. The molecule has 4 rings (SSSR count). The maximum Gasteiger partial charge on any atom is 0.226 e. The van der Waals surface area contributed by atoms with Crippen molar-refractivity contribution in [1.82, 2.24) is 9.78 Å². The third-order valence-electron chi connectivity index (χ3n) is 4.53. The van der Waals surface area contributed by atoms with Gasteiger partial charge in [0.15, 0.2) is 0 Å². The highest BCUT2D eigenvalue weighted by Gasteiger charge is 2.30. The molecule has 0 fully saturated rings. The molecule has 2 aromatic carbocycles. The molecule has 1 amide bonds. The maximum absolute atomic E-state index is 12.4. The summed E-state index contributed by atoms with van der Waals surface area (Å²) in [6.07, 6.45) is 2.33. The molecule has 3 aromatic rings. The Kier molecular flexibility index (Phi) is 4.62. The third-order valence-corrected chi connectivity index (χ3v) is 4.76. The van der Waals surface area contributed by atoms with Crippen molar-refractivity contribution in [2.75, 3.05) is 5.32 Å². The minimum atomic E-state index is -0.0465. The van der Waals surface area contributed by atoms with Gasteiger partial charge in [-0.1, -0.05) is 29.8 Å². The van der Waals surface area contributed by atoms with Crippen LogP contribution < -0.4 is 10.1 Å². The van der Waals surface area contributed by atoms with E-state index in [0.717, 1.165) is 22.6 Å². The van der Waals surface area contributed by atoms with Crippen LogP contribution in [0.4, 0.5) is 5.82 Å². The van der Waals surface area contributed by atoms with Gasteiger partial charge in [-0.2, -0.15) is 5.10 Å². The lowest BCUT2D eigenvalue weighted by molar-refractivity contribution is -0.116. The lowest BCUT2D eigenvalue weighted by atomic mass is 9.87. The number of ether oxygens (including phenoxy) is 1. The minimum absolute atomic E-state index is 0.0289. The standard InChI is InChI=1S/C21H20ClN3O2/c1-13(2)27-17-8-6-14(7-9-17)18-11-20(26)24-21-19(18)12-23-25(21)16-5-3-4-15(22)10-16/h3-10,12-13,18H,11H2,1-2H3,(H,24,26)/t18-/m1/s1. The van der Waals surface area contributed by atoms with E-state index in [4.69, 9.17) is 16.3 Å².